The van der Waals surface area contributed by atoms with Crippen LogP contribution in [0.25, 0.3) is 0 Å². The summed E-state index contributed by atoms with van der Waals surface area (Å²) in [4.78, 5) is 5.08. The fraction of sp³-hybridized carbons (Fsp3) is 0.357. The van der Waals surface area contributed by atoms with Crippen LogP contribution in [0.1, 0.15) is 35.5 Å². The van der Waals surface area contributed by atoms with Gasteiger partial charge in [0.2, 0.25) is 0 Å². The topological polar surface area (TPSA) is 42.4 Å². The van der Waals surface area contributed by atoms with Crippen LogP contribution < -0.4 is 4.74 Å². The second-order valence-electron chi connectivity index (χ2n) is 4.17. The molecule has 0 amide bonds. The maximum atomic E-state index is 10.3. The highest BCUT2D eigenvalue weighted by Crippen LogP contribution is 2.30. The monoisotopic (exact) mass is 263 g/mol. The van der Waals surface area contributed by atoms with Crippen molar-refractivity contribution in [2.45, 2.75) is 26.4 Å². The van der Waals surface area contributed by atoms with Crippen LogP contribution in [-0.2, 0) is 0 Å². The molecule has 18 heavy (non-hydrogen) atoms. The molecule has 0 saturated heterocycles. The quantitative estimate of drug-likeness (QED) is 0.899. The Labute approximate surface area is 111 Å². The molecule has 0 aliphatic rings. The van der Waals surface area contributed by atoms with Gasteiger partial charge in [-0.25, -0.2) is 0 Å². The number of aliphatic hydroxyl groups excluding tert-OH is 1. The average molecular weight is 263 g/mol. The molecule has 3 nitrogen and oxygen atoms in total. The third kappa shape index (κ3) is 2.89. The van der Waals surface area contributed by atoms with Crippen LogP contribution in [0.5, 0.6) is 5.75 Å². The van der Waals surface area contributed by atoms with Crippen molar-refractivity contribution < 1.29 is 9.84 Å². The average Bonchev–Trinajstić information content (AvgIpc) is 2.82. The van der Waals surface area contributed by atoms with Crippen LogP contribution in [0.15, 0.2) is 29.9 Å². The van der Waals surface area contributed by atoms with Crippen molar-refractivity contribution in [3.63, 3.8) is 0 Å². The van der Waals surface area contributed by atoms with E-state index >= 15 is 0 Å². The lowest BCUT2D eigenvalue weighted by atomic mass is 10.1. The first-order valence-electron chi connectivity index (χ1n) is 6.02. The Hall–Kier alpha value is -1.39. The van der Waals surface area contributed by atoms with E-state index < -0.39 is 6.10 Å². The molecule has 2 aromatic rings. The predicted molar refractivity (Wildman–Crippen MR) is 73.1 cm³/mol. The lowest BCUT2D eigenvalue weighted by Crippen LogP contribution is -2.01. The van der Waals surface area contributed by atoms with Gasteiger partial charge in [0.25, 0.3) is 0 Å². The molecule has 0 aromatic carbocycles. The Kier molecular flexibility index (Phi) is 4.33. The second-order valence-corrected chi connectivity index (χ2v) is 5.12. The summed E-state index contributed by atoms with van der Waals surface area (Å²) in [7, 11) is 0. The lowest BCUT2D eigenvalue weighted by Gasteiger charge is -2.12. The van der Waals surface area contributed by atoms with Gasteiger partial charge in [0, 0.05) is 16.6 Å². The minimum Gasteiger partial charge on any atom is -0.492 e. The summed E-state index contributed by atoms with van der Waals surface area (Å²) in [5, 5.41) is 12.3. The summed E-state index contributed by atoms with van der Waals surface area (Å²) >= 11 is 1.56. The molecule has 2 rings (SSSR count). The number of rotatable bonds is 5. The molecule has 2 aromatic heterocycles. The Balaban J connectivity index is 2.20. The summed E-state index contributed by atoms with van der Waals surface area (Å²) in [6.07, 6.45) is 3.69. The number of pyridine rings is 1. The van der Waals surface area contributed by atoms with Crippen molar-refractivity contribution in [2.24, 2.45) is 0 Å². The Bertz CT molecular complexity index is 510. The molecule has 1 N–H and O–H groups in total. The molecule has 0 aliphatic carbocycles. The fourth-order valence-corrected chi connectivity index (χ4v) is 2.64. The summed E-state index contributed by atoms with van der Waals surface area (Å²) in [5.74, 6) is 0.711. The van der Waals surface area contributed by atoms with Crippen LogP contribution in [0.2, 0.25) is 0 Å². The molecule has 1 atom stereocenters. The molecule has 1 unspecified atom stereocenters. The van der Waals surface area contributed by atoms with E-state index in [2.05, 4.69) is 11.9 Å². The molecular formula is C14H17NO2S. The largest absolute Gasteiger partial charge is 0.492 e. The minimum atomic E-state index is -0.623. The first-order chi connectivity index (χ1) is 8.72. The van der Waals surface area contributed by atoms with E-state index in [0.29, 0.717) is 12.4 Å². The van der Waals surface area contributed by atoms with Gasteiger partial charge >= 0.3 is 0 Å². The lowest BCUT2D eigenvalue weighted by molar-refractivity contribution is 0.222. The summed E-state index contributed by atoms with van der Waals surface area (Å²) in [6, 6.07) is 3.86. The van der Waals surface area contributed by atoms with Gasteiger partial charge in [-0.1, -0.05) is 6.92 Å². The summed E-state index contributed by atoms with van der Waals surface area (Å²) in [5.41, 5.74) is 1.88. The third-order valence-corrected chi connectivity index (χ3v) is 3.74. The number of aliphatic hydroxyl groups is 1. The zero-order valence-electron chi connectivity index (χ0n) is 10.6. The SMILES string of the molecule is CCCOc1cncc(C(O)c2sccc2C)c1. The molecule has 0 aliphatic heterocycles. The number of ether oxygens (including phenoxy) is 1. The van der Waals surface area contributed by atoms with E-state index in [4.69, 9.17) is 4.74 Å². The highest BCUT2D eigenvalue weighted by Gasteiger charge is 2.15. The fourth-order valence-electron chi connectivity index (χ4n) is 1.70. The van der Waals surface area contributed by atoms with Crippen molar-refractivity contribution in [3.05, 3.63) is 45.9 Å². The van der Waals surface area contributed by atoms with Crippen LogP contribution in [0, 0.1) is 6.92 Å². The van der Waals surface area contributed by atoms with Gasteiger partial charge in [-0.05, 0) is 36.4 Å². The maximum Gasteiger partial charge on any atom is 0.137 e. The highest BCUT2D eigenvalue weighted by molar-refractivity contribution is 7.10. The smallest absolute Gasteiger partial charge is 0.137 e. The van der Waals surface area contributed by atoms with E-state index in [0.717, 1.165) is 22.4 Å². The van der Waals surface area contributed by atoms with Crippen molar-refractivity contribution >= 4 is 11.3 Å². The standard InChI is InChI=1S/C14H17NO2S/c1-3-5-17-12-7-11(8-15-9-12)13(16)14-10(2)4-6-18-14/h4,6-9,13,16H,3,5H2,1-2H3. The van der Waals surface area contributed by atoms with Gasteiger partial charge in [0.05, 0.1) is 12.8 Å². The number of thiophene rings is 1. The Morgan fingerprint density at radius 2 is 2.28 bits per heavy atom. The highest BCUT2D eigenvalue weighted by atomic mass is 32.1. The zero-order valence-corrected chi connectivity index (χ0v) is 11.4. The molecule has 0 radical (unpaired) electrons. The maximum absolute atomic E-state index is 10.3. The van der Waals surface area contributed by atoms with Gasteiger partial charge in [-0.15, -0.1) is 11.3 Å². The van der Waals surface area contributed by atoms with Gasteiger partial charge in [0.1, 0.15) is 11.9 Å². The van der Waals surface area contributed by atoms with Gasteiger partial charge in [-0.3, -0.25) is 4.98 Å². The minimum absolute atomic E-state index is 0.623. The Morgan fingerprint density at radius 3 is 2.94 bits per heavy atom. The number of nitrogens with zero attached hydrogens (tertiary/aromatic N) is 1. The number of hydrogen-bond donors (Lipinski definition) is 1. The van der Waals surface area contributed by atoms with Crippen molar-refractivity contribution in [1.29, 1.82) is 0 Å². The van der Waals surface area contributed by atoms with Gasteiger partial charge in [0.15, 0.2) is 0 Å². The molecule has 0 saturated carbocycles. The van der Waals surface area contributed by atoms with Crippen molar-refractivity contribution in [2.75, 3.05) is 6.61 Å². The molecule has 96 valence electrons. The molecule has 0 bridgehead atoms. The normalized spacial score (nSPS) is 12.4. The predicted octanol–water partition coefficient (Wildman–Crippen LogP) is 3.32. The van der Waals surface area contributed by atoms with E-state index in [1.54, 1.807) is 23.7 Å². The van der Waals surface area contributed by atoms with Gasteiger partial charge in [-0.2, -0.15) is 0 Å². The van der Waals surface area contributed by atoms with E-state index in [9.17, 15) is 5.11 Å². The second kappa shape index (κ2) is 5.98. The van der Waals surface area contributed by atoms with Crippen molar-refractivity contribution in [1.82, 2.24) is 4.98 Å². The molecule has 0 fully saturated rings. The van der Waals surface area contributed by atoms with Crippen LogP contribution >= 0.6 is 11.3 Å². The zero-order chi connectivity index (χ0) is 13.0. The summed E-state index contributed by atoms with van der Waals surface area (Å²) in [6.45, 7) is 4.72. The number of aromatic nitrogens is 1. The van der Waals surface area contributed by atoms with Gasteiger partial charge < -0.3 is 9.84 Å². The first-order valence-corrected chi connectivity index (χ1v) is 6.90. The van der Waals surface area contributed by atoms with Crippen LogP contribution in [0.3, 0.4) is 0 Å². The third-order valence-electron chi connectivity index (χ3n) is 2.67. The first kappa shape index (κ1) is 13.1. The van der Waals surface area contributed by atoms with Crippen LogP contribution in [0.4, 0.5) is 0 Å². The molecule has 4 heteroatoms. The molecule has 0 spiro atoms. The van der Waals surface area contributed by atoms with E-state index in [1.807, 2.05) is 24.4 Å². The number of hydrogen-bond acceptors (Lipinski definition) is 4. The molecular weight excluding hydrogens is 246 g/mol. The van der Waals surface area contributed by atoms with Crippen LogP contribution in [-0.4, -0.2) is 16.7 Å². The Morgan fingerprint density at radius 1 is 1.44 bits per heavy atom. The molecule has 2 heterocycles. The van der Waals surface area contributed by atoms with E-state index in [-0.39, 0.29) is 0 Å². The summed E-state index contributed by atoms with van der Waals surface area (Å²) < 4.78 is 5.52. The number of aryl methyl sites for hydroxylation is 1. The van der Waals surface area contributed by atoms with Crippen molar-refractivity contribution in [3.8, 4) is 5.75 Å². The van der Waals surface area contributed by atoms with E-state index in [1.165, 1.54) is 0 Å².